The van der Waals surface area contributed by atoms with Crippen LogP contribution in [-0.4, -0.2) is 41.0 Å². The molecular formula is C17H31NO2. The van der Waals surface area contributed by atoms with E-state index in [-0.39, 0.29) is 5.92 Å². The first-order valence-electron chi connectivity index (χ1n) is 8.15. The molecule has 0 amide bonds. The summed E-state index contributed by atoms with van der Waals surface area (Å²) in [6.07, 6.45) is 4.54. The summed E-state index contributed by atoms with van der Waals surface area (Å²) in [5, 5.41) is 10.0. The molecule has 1 heterocycles. The first-order chi connectivity index (χ1) is 9.17. The Hall–Kier alpha value is -0.410. The molecule has 116 valence electrons. The van der Waals surface area contributed by atoms with E-state index in [9.17, 15) is 9.90 Å². The van der Waals surface area contributed by atoms with Gasteiger partial charge in [0, 0.05) is 32.0 Å². The van der Waals surface area contributed by atoms with Gasteiger partial charge in [-0.1, -0.05) is 20.8 Å². The van der Waals surface area contributed by atoms with E-state index in [2.05, 4.69) is 25.7 Å². The fraction of sp³-hybridized carbons (Fsp3) is 0.941. The Balaban J connectivity index is 1.89. The Morgan fingerprint density at radius 1 is 1.30 bits per heavy atom. The molecule has 0 aromatic rings. The first-order valence-corrected chi connectivity index (χ1v) is 8.15. The molecule has 2 unspecified atom stereocenters. The fourth-order valence-corrected chi connectivity index (χ4v) is 3.61. The van der Waals surface area contributed by atoms with Crippen molar-refractivity contribution in [2.75, 3.05) is 19.6 Å². The van der Waals surface area contributed by atoms with E-state index in [4.69, 9.17) is 0 Å². The molecule has 0 aromatic heterocycles. The highest BCUT2D eigenvalue weighted by molar-refractivity contribution is 5.82. The Labute approximate surface area is 123 Å². The lowest BCUT2D eigenvalue weighted by Crippen LogP contribution is -2.46. The van der Waals surface area contributed by atoms with E-state index in [1.165, 1.54) is 0 Å². The zero-order chi connectivity index (χ0) is 15.0. The Bertz CT molecular complexity index is 346. The van der Waals surface area contributed by atoms with Crippen molar-refractivity contribution in [3.63, 3.8) is 0 Å². The molecule has 20 heavy (non-hydrogen) atoms. The maximum Gasteiger partial charge on any atom is 0.137 e. The molecule has 0 radical (unpaired) electrons. The number of rotatable bonds is 2. The maximum atomic E-state index is 12.2. The second-order valence-corrected chi connectivity index (χ2v) is 8.30. The van der Waals surface area contributed by atoms with Crippen LogP contribution in [0, 0.1) is 17.3 Å². The van der Waals surface area contributed by atoms with Gasteiger partial charge in [-0.05, 0) is 43.9 Å². The zero-order valence-electron chi connectivity index (χ0n) is 13.6. The number of ketones is 1. The van der Waals surface area contributed by atoms with Crippen LogP contribution in [0.1, 0.15) is 59.8 Å². The minimum absolute atomic E-state index is 0.219. The molecule has 1 saturated carbocycles. The van der Waals surface area contributed by atoms with Gasteiger partial charge in [-0.2, -0.15) is 0 Å². The number of carbonyl (C=O) groups excluding carboxylic acids is 1. The SMILES string of the molecule is CC1(O)CCN(CC2CC(C(C)(C)C)CCC2=O)CC1. The zero-order valence-corrected chi connectivity index (χ0v) is 13.6. The quantitative estimate of drug-likeness (QED) is 0.846. The number of aliphatic hydroxyl groups is 1. The van der Waals surface area contributed by atoms with Gasteiger partial charge < -0.3 is 10.0 Å². The molecule has 2 rings (SSSR count). The summed E-state index contributed by atoms with van der Waals surface area (Å²) in [6.45, 7) is 11.6. The van der Waals surface area contributed by atoms with Gasteiger partial charge in [-0.3, -0.25) is 4.79 Å². The number of hydrogen-bond donors (Lipinski definition) is 1. The number of piperidine rings is 1. The number of carbonyl (C=O) groups is 1. The maximum absolute atomic E-state index is 12.2. The van der Waals surface area contributed by atoms with Gasteiger partial charge in [0.15, 0.2) is 0 Å². The van der Waals surface area contributed by atoms with E-state index in [1.807, 2.05) is 6.92 Å². The predicted octanol–water partition coefficient (Wildman–Crippen LogP) is 2.86. The molecule has 3 heteroatoms. The molecule has 0 spiro atoms. The predicted molar refractivity (Wildman–Crippen MR) is 81.6 cm³/mol. The average molecular weight is 281 g/mol. The van der Waals surface area contributed by atoms with Gasteiger partial charge in [0.05, 0.1) is 5.60 Å². The minimum Gasteiger partial charge on any atom is -0.390 e. The average Bonchev–Trinajstić information content (AvgIpc) is 2.33. The van der Waals surface area contributed by atoms with Crippen LogP contribution >= 0.6 is 0 Å². The van der Waals surface area contributed by atoms with Gasteiger partial charge in [0.2, 0.25) is 0 Å². The van der Waals surface area contributed by atoms with Gasteiger partial charge >= 0.3 is 0 Å². The van der Waals surface area contributed by atoms with E-state index in [0.717, 1.165) is 51.7 Å². The van der Waals surface area contributed by atoms with Crippen LogP contribution in [-0.2, 0) is 4.79 Å². The Morgan fingerprint density at radius 3 is 2.45 bits per heavy atom. The van der Waals surface area contributed by atoms with Crippen molar-refractivity contribution in [1.29, 1.82) is 0 Å². The van der Waals surface area contributed by atoms with E-state index in [0.29, 0.717) is 17.1 Å². The van der Waals surface area contributed by atoms with Crippen LogP contribution in [0.15, 0.2) is 0 Å². The molecule has 2 atom stereocenters. The van der Waals surface area contributed by atoms with Crippen molar-refractivity contribution in [2.24, 2.45) is 17.3 Å². The van der Waals surface area contributed by atoms with Crippen LogP contribution in [0.2, 0.25) is 0 Å². The van der Waals surface area contributed by atoms with Crippen LogP contribution in [0.4, 0.5) is 0 Å². The molecule has 2 aliphatic rings. The third kappa shape index (κ3) is 4.05. The van der Waals surface area contributed by atoms with Gasteiger partial charge in [-0.25, -0.2) is 0 Å². The highest BCUT2D eigenvalue weighted by atomic mass is 16.3. The highest BCUT2D eigenvalue weighted by Gasteiger charge is 2.36. The lowest BCUT2D eigenvalue weighted by molar-refractivity contribution is -0.127. The second-order valence-electron chi connectivity index (χ2n) is 8.30. The summed E-state index contributed by atoms with van der Waals surface area (Å²) in [7, 11) is 0. The van der Waals surface area contributed by atoms with Crippen LogP contribution in [0.5, 0.6) is 0 Å². The first kappa shape index (κ1) is 16.0. The number of likely N-dealkylation sites (tertiary alicyclic amines) is 1. The third-order valence-corrected chi connectivity index (χ3v) is 5.40. The standard InChI is InChI=1S/C17H31NO2/c1-16(2,3)14-5-6-15(19)13(11-14)12-18-9-7-17(4,20)8-10-18/h13-14,20H,5-12H2,1-4H3. The molecule has 0 bridgehead atoms. The van der Waals surface area contributed by atoms with Crippen LogP contribution < -0.4 is 0 Å². The monoisotopic (exact) mass is 281 g/mol. The van der Waals surface area contributed by atoms with Crippen molar-refractivity contribution >= 4 is 5.78 Å². The molecule has 0 aromatic carbocycles. The highest BCUT2D eigenvalue weighted by Crippen LogP contribution is 2.39. The summed E-state index contributed by atoms with van der Waals surface area (Å²) in [6, 6.07) is 0. The lowest BCUT2D eigenvalue weighted by Gasteiger charge is -2.41. The van der Waals surface area contributed by atoms with Crippen LogP contribution in [0.25, 0.3) is 0 Å². The molecule has 1 N–H and O–H groups in total. The number of hydrogen-bond acceptors (Lipinski definition) is 3. The Kier molecular flexibility index (Phi) is 4.60. The third-order valence-electron chi connectivity index (χ3n) is 5.40. The largest absolute Gasteiger partial charge is 0.390 e. The molecule has 1 saturated heterocycles. The van der Waals surface area contributed by atoms with Crippen LogP contribution in [0.3, 0.4) is 0 Å². The molecule has 2 fully saturated rings. The van der Waals surface area contributed by atoms with E-state index >= 15 is 0 Å². The summed E-state index contributed by atoms with van der Waals surface area (Å²) >= 11 is 0. The van der Waals surface area contributed by atoms with Gasteiger partial charge in [-0.15, -0.1) is 0 Å². The lowest BCUT2D eigenvalue weighted by atomic mass is 9.68. The van der Waals surface area contributed by atoms with Gasteiger partial charge in [0.1, 0.15) is 5.78 Å². The van der Waals surface area contributed by atoms with Gasteiger partial charge in [0.25, 0.3) is 0 Å². The van der Waals surface area contributed by atoms with Crippen molar-refractivity contribution in [3.8, 4) is 0 Å². The van der Waals surface area contributed by atoms with E-state index in [1.54, 1.807) is 0 Å². The van der Waals surface area contributed by atoms with Crippen molar-refractivity contribution in [2.45, 2.75) is 65.4 Å². The second kappa shape index (κ2) is 5.76. The minimum atomic E-state index is -0.499. The molecule has 3 nitrogen and oxygen atoms in total. The number of Topliss-reactive ketones (excluding diaryl/α,β-unsaturated/α-hetero) is 1. The molecule has 1 aliphatic heterocycles. The molecule has 1 aliphatic carbocycles. The van der Waals surface area contributed by atoms with Crippen molar-refractivity contribution in [3.05, 3.63) is 0 Å². The normalized spacial score (nSPS) is 32.4. The molecular weight excluding hydrogens is 250 g/mol. The smallest absolute Gasteiger partial charge is 0.137 e. The fourth-order valence-electron chi connectivity index (χ4n) is 3.61. The Morgan fingerprint density at radius 2 is 1.90 bits per heavy atom. The summed E-state index contributed by atoms with van der Waals surface area (Å²) in [5.41, 5.74) is -0.189. The summed E-state index contributed by atoms with van der Waals surface area (Å²) in [4.78, 5) is 14.6. The van der Waals surface area contributed by atoms with E-state index < -0.39 is 5.60 Å². The number of nitrogens with zero attached hydrogens (tertiary/aromatic N) is 1. The topological polar surface area (TPSA) is 40.5 Å². The van der Waals surface area contributed by atoms with Crippen molar-refractivity contribution < 1.29 is 9.90 Å². The summed E-state index contributed by atoms with van der Waals surface area (Å²) < 4.78 is 0. The van der Waals surface area contributed by atoms with Crippen molar-refractivity contribution in [1.82, 2.24) is 4.90 Å². The summed E-state index contributed by atoms with van der Waals surface area (Å²) in [5.74, 6) is 1.34.